The molecule has 0 bridgehead atoms. The number of rotatable bonds is 6. The molecular weight excluding hydrogens is 649 g/mol. The molecule has 2 saturated heterocycles. The minimum absolute atomic E-state index is 0.0919. The molecule has 2 aliphatic carbocycles. The third-order valence-corrected chi connectivity index (χ3v) is 11.3. The highest BCUT2D eigenvalue weighted by atomic mass is 16.6. The fourth-order valence-electron chi connectivity index (χ4n) is 8.74. The van der Waals surface area contributed by atoms with E-state index in [1.807, 2.05) is 56.0 Å². The van der Waals surface area contributed by atoms with Crippen molar-refractivity contribution in [2.45, 2.75) is 89.8 Å². The van der Waals surface area contributed by atoms with Crippen LogP contribution in [0, 0.1) is 0 Å². The number of nitrogens with zero attached hydrogens (tertiary/aromatic N) is 4. The van der Waals surface area contributed by atoms with Gasteiger partial charge in [-0.15, -0.1) is 0 Å². The second-order valence-electron chi connectivity index (χ2n) is 15.9. The second kappa shape index (κ2) is 12.9. The molecule has 3 aromatic carbocycles. The van der Waals surface area contributed by atoms with E-state index in [4.69, 9.17) is 14.7 Å². The summed E-state index contributed by atoms with van der Waals surface area (Å²) in [4.78, 5) is 47.8. The highest BCUT2D eigenvalue weighted by molar-refractivity contribution is 5.97. The summed E-state index contributed by atoms with van der Waals surface area (Å²) < 4.78 is 5.72. The van der Waals surface area contributed by atoms with Crippen LogP contribution in [0.15, 0.2) is 66.7 Å². The van der Waals surface area contributed by atoms with Crippen LogP contribution in [0.4, 0.5) is 4.79 Å². The SMILES string of the molecule is CC(C)(C)OC(=O)N1CCC[C@H]1c1nc2c([nH]1)CCc1cc(-c3ccc4c(c3)CCc3[nH]c([C@@H]5CCCN5CC(=O)c5ccccc5)nc3-4)ccc1-2. The fraction of sp³-hybridized carbons (Fsp3) is 0.395. The van der Waals surface area contributed by atoms with Gasteiger partial charge in [-0.25, -0.2) is 14.8 Å². The predicted octanol–water partition coefficient (Wildman–Crippen LogP) is 8.42. The predicted molar refractivity (Wildman–Crippen MR) is 201 cm³/mol. The summed E-state index contributed by atoms with van der Waals surface area (Å²) in [6.07, 6.45) is 7.35. The van der Waals surface area contributed by atoms with Crippen molar-refractivity contribution in [3.8, 4) is 33.6 Å². The maximum Gasteiger partial charge on any atom is 0.410 e. The van der Waals surface area contributed by atoms with E-state index < -0.39 is 5.60 Å². The molecule has 0 unspecified atom stereocenters. The topological polar surface area (TPSA) is 107 Å². The van der Waals surface area contributed by atoms with Gasteiger partial charge in [-0.1, -0.05) is 66.7 Å². The maximum atomic E-state index is 13.0. The Morgan fingerprint density at radius 1 is 0.750 bits per heavy atom. The zero-order valence-corrected chi connectivity index (χ0v) is 30.3. The monoisotopic (exact) mass is 694 g/mol. The number of amides is 1. The molecule has 2 fully saturated rings. The molecule has 0 spiro atoms. The molecule has 9 rings (SSSR count). The molecule has 0 saturated carbocycles. The first kappa shape index (κ1) is 32.9. The third-order valence-electron chi connectivity index (χ3n) is 11.3. The van der Waals surface area contributed by atoms with E-state index in [0.717, 1.165) is 92.2 Å². The molecule has 0 radical (unpaired) electrons. The number of benzene rings is 3. The van der Waals surface area contributed by atoms with Crippen molar-refractivity contribution < 1.29 is 14.3 Å². The Morgan fingerprint density at radius 3 is 1.94 bits per heavy atom. The standard InChI is InChI=1S/C43H46N6O3/c1-43(2,3)52-42(51)49-22-8-12-36(49)41-45-34-20-16-30-24-28(14-18-32(30)39(34)47-41)27-13-17-31-29(23-27)15-19-33-38(31)46-40(44-33)35-11-7-21-48(35)25-37(50)26-9-5-4-6-10-26/h4-6,9-10,13-14,17-18,23-24,35-36H,7-8,11-12,15-16,19-22,25H2,1-3H3,(H,44,46)(H,45,47)/t35-,36-/m0/s1. The van der Waals surface area contributed by atoms with E-state index >= 15 is 0 Å². The van der Waals surface area contributed by atoms with Crippen LogP contribution in [-0.2, 0) is 30.4 Å². The Kier molecular flexibility index (Phi) is 8.14. The summed E-state index contributed by atoms with van der Waals surface area (Å²) >= 11 is 0. The minimum Gasteiger partial charge on any atom is -0.444 e. The highest BCUT2D eigenvalue weighted by Crippen LogP contribution is 2.41. The quantitative estimate of drug-likeness (QED) is 0.173. The highest BCUT2D eigenvalue weighted by Gasteiger charge is 2.36. The van der Waals surface area contributed by atoms with Crippen LogP contribution in [0.25, 0.3) is 33.6 Å². The molecule has 266 valence electrons. The Hall–Kier alpha value is -5.02. The van der Waals surface area contributed by atoms with E-state index in [1.165, 1.54) is 39.1 Å². The lowest BCUT2D eigenvalue weighted by molar-refractivity contribution is 0.0218. The molecule has 2 aromatic heterocycles. The Bertz CT molecular complexity index is 2180. The van der Waals surface area contributed by atoms with Crippen LogP contribution in [-0.4, -0.2) is 66.8 Å². The number of H-pyrrole nitrogens is 2. The van der Waals surface area contributed by atoms with E-state index in [0.29, 0.717) is 13.1 Å². The minimum atomic E-state index is -0.531. The summed E-state index contributed by atoms with van der Waals surface area (Å²) in [7, 11) is 0. The van der Waals surface area contributed by atoms with Gasteiger partial charge in [0, 0.05) is 34.6 Å². The normalized spacial score (nSPS) is 19.6. The van der Waals surface area contributed by atoms with Gasteiger partial charge in [-0.2, -0.15) is 0 Å². The van der Waals surface area contributed by atoms with Gasteiger partial charge in [0.1, 0.15) is 17.2 Å². The molecule has 52 heavy (non-hydrogen) atoms. The molecule has 2 aliphatic heterocycles. The number of imidazole rings is 2. The van der Waals surface area contributed by atoms with Crippen LogP contribution in [0.3, 0.4) is 0 Å². The summed E-state index contributed by atoms with van der Waals surface area (Å²) in [6, 6.07) is 23.2. The number of hydrogen-bond donors (Lipinski definition) is 2. The van der Waals surface area contributed by atoms with Gasteiger partial charge >= 0.3 is 6.09 Å². The summed E-state index contributed by atoms with van der Waals surface area (Å²) in [5.41, 5.74) is 12.1. The average molecular weight is 695 g/mol. The van der Waals surface area contributed by atoms with Crippen molar-refractivity contribution in [3.63, 3.8) is 0 Å². The smallest absolute Gasteiger partial charge is 0.410 e. The molecule has 1 amide bonds. The number of aromatic nitrogens is 4. The summed E-state index contributed by atoms with van der Waals surface area (Å²) in [5, 5.41) is 0. The van der Waals surface area contributed by atoms with Gasteiger partial charge in [0.05, 0.1) is 30.0 Å². The number of ether oxygens (including phenoxy) is 1. The Balaban J connectivity index is 0.934. The van der Waals surface area contributed by atoms with Crippen LogP contribution in [0.5, 0.6) is 0 Å². The molecule has 9 nitrogen and oxygen atoms in total. The average Bonchev–Trinajstić information content (AvgIpc) is 3.96. The Labute approximate surface area is 304 Å². The number of aryl methyl sites for hydroxylation is 4. The van der Waals surface area contributed by atoms with Gasteiger partial charge in [-0.05, 0) is 101 Å². The van der Waals surface area contributed by atoms with Crippen LogP contribution >= 0.6 is 0 Å². The molecular formula is C43H46N6O3. The number of carbonyl (C=O) groups excluding carboxylic acids is 2. The number of Topliss-reactive ketones (excluding diaryl/α,β-unsaturated/α-hetero) is 1. The lowest BCUT2D eigenvalue weighted by Crippen LogP contribution is -2.36. The van der Waals surface area contributed by atoms with Gasteiger partial charge in [-0.3, -0.25) is 14.6 Å². The molecule has 4 heterocycles. The van der Waals surface area contributed by atoms with E-state index in [9.17, 15) is 9.59 Å². The van der Waals surface area contributed by atoms with Crippen molar-refractivity contribution in [2.24, 2.45) is 0 Å². The van der Waals surface area contributed by atoms with E-state index in [2.05, 4.69) is 51.3 Å². The number of hydrogen-bond acceptors (Lipinski definition) is 6. The molecule has 5 aromatic rings. The molecule has 4 aliphatic rings. The van der Waals surface area contributed by atoms with Gasteiger partial charge in [0.15, 0.2) is 5.78 Å². The maximum absolute atomic E-state index is 13.0. The molecule has 2 N–H and O–H groups in total. The first-order valence-corrected chi connectivity index (χ1v) is 18.9. The Morgan fingerprint density at radius 2 is 1.33 bits per heavy atom. The van der Waals surface area contributed by atoms with Crippen molar-refractivity contribution in [2.75, 3.05) is 19.6 Å². The largest absolute Gasteiger partial charge is 0.444 e. The van der Waals surface area contributed by atoms with Crippen molar-refractivity contribution in [3.05, 3.63) is 106 Å². The van der Waals surface area contributed by atoms with Crippen LogP contribution in [0.1, 0.15) is 103 Å². The number of nitrogens with one attached hydrogen (secondary N) is 2. The lowest BCUT2D eigenvalue weighted by Gasteiger charge is -2.27. The number of likely N-dealkylation sites (tertiary alicyclic amines) is 2. The zero-order valence-electron chi connectivity index (χ0n) is 30.3. The molecule has 2 atom stereocenters. The second-order valence-corrected chi connectivity index (χ2v) is 15.9. The number of aromatic amines is 2. The first-order chi connectivity index (χ1) is 25.2. The lowest BCUT2D eigenvalue weighted by atomic mass is 9.87. The van der Waals surface area contributed by atoms with E-state index in [1.54, 1.807) is 0 Å². The zero-order chi connectivity index (χ0) is 35.6. The molecule has 9 heteroatoms. The van der Waals surface area contributed by atoms with Gasteiger partial charge in [0.25, 0.3) is 0 Å². The first-order valence-electron chi connectivity index (χ1n) is 18.9. The fourth-order valence-corrected chi connectivity index (χ4v) is 8.74. The summed E-state index contributed by atoms with van der Waals surface area (Å²) in [5.74, 6) is 2.01. The number of ketones is 1. The third kappa shape index (κ3) is 6.04. The van der Waals surface area contributed by atoms with Gasteiger partial charge < -0.3 is 14.7 Å². The number of carbonyl (C=O) groups is 2. The van der Waals surface area contributed by atoms with Crippen LogP contribution in [0.2, 0.25) is 0 Å². The number of fused-ring (bicyclic) bond motifs is 6. The van der Waals surface area contributed by atoms with Crippen molar-refractivity contribution in [1.29, 1.82) is 0 Å². The van der Waals surface area contributed by atoms with Crippen molar-refractivity contribution in [1.82, 2.24) is 29.7 Å². The van der Waals surface area contributed by atoms with Gasteiger partial charge in [0.2, 0.25) is 0 Å². The van der Waals surface area contributed by atoms with Crippen LogP contribution < -0.4 is 0 Å². The van der Waals surface area contributed by atoms with Crippen molar-refractivity contribution >= 4 is 11.9 Å². The summed E-state index contributed by atoms with van der Waals surface area (Å²) in [6.45, 7) is 7.73. The van der Waals surface area contributed by atoms with E-state index in [-0.39, 0.29) is 24.0 Å².